The van der Waals surface area contributed by atoms with E-state index >= 15 is 0 Å². The molecule has 0 aliphatic carbocycles. The van der Waals surface area contributed by atoms with Crippen molar-refractivity contribution in [2.75, 3.05) is 14.2 Å². The molecule has 0 fully saturated rings. The lowest BCUT2D eigenvalue weighted by molar-refractivity contribution is -0.158. The molecule has 2 aliphatic heterocycles. The van der Waals surface area contributed by atoms with Gasteiger partial charge < -0.3 is 18.9 Å². The SMILES string of the molecule is COC(=O)[C@H]1[C@H]2c3ccccc3O[C@@]1(C)N=c1sc(=Cc3ccc(OC)c(COc4ccccc4C)c3)c(=O)n12. The van der Waals surface area contributed by atoms with Gasteiger partial charge in [-0.05, 0) is 55.3 Å². The van der Waals surface area contributed by atoms with Crippen molar-refractivity contribution < 1.29 is 23.7 Å². The zero-order valence-electron chi connectivity index (χ0n) is 22.5. The number of nitrogens with zero attached hydrogens (tertiary/aromatic N) is 2. The molecule has 0 saturated heterocycles. The van der Waals surface area contributed by atoms with E-state index < -0.39 is 23.7 Å². The summed E-state index contributed by atoms with van der Waals surface area (Å²) in [5.41, 5.74) is 2.02. The summed E-state index contributed by atoms with van der Waals surface area (Å²) in [6, 6.07) is 20.4. The minimum absolute atomic E-state index is 0.227. The number of thiazole rings is 1. The third-order valence-corrected chi connectivity index (χ3v) is 8.40. The van der Waals surface area contributed by atoms with E-state index in [-0.39, 0.29) is 5.56 Å². The lowest BCUT2D eigenvalue weighted by Gasteiger charge is -2.44. The van der Waals surface area contributed by atoms with Gasteiger partial charge in [-0.3, -0.25) is 14.2 Å². The fourth-order valence-corrected chi connectivity index (χ4v) is 6.56. The first kappa shape index (κ1) is 25.9. The molecule has 0 unspecified atom stereocenters. The first-order chi connectivity index (χ1) is 19.3. The number of carbonyl (C=O) groups excluding carboxylic acids is 1. The number of aryl methyl sites for hydroxylation is 1. The van der Waals surface area contributed by atoms with E-state index in [9.17, 15) is 9.59 Å². The number of para-hydroxylation sites is 2. The Bertz CT molecular complexity index is 1810. The molecule has 40 heavy (non-hydrogen) atoms. The van der Waals surface area contributed by atoms with Gasteiger partial charge in [-0.2, -0.15) is 0 Å². The summed E-state index contributed by atoms with van der Waals surface area (Å²) in [4.78, 5) is 32.2. The third kappa shape index (κ3) is 4.26. The molecule has 3 heterocycles. The van der Waals surface area contributed by atoms with Gasteiger partial charge >= 0.3 is 5.97 Å². The Labute approximate surface area is 234 Å². The minimum atomic E-state index is -1.21. The van der Waals surface area contributed by atoms with Crippen LogP contribution in [-0.2, 0) is 16.1 Å². The largest absolute Gasteiger partial charge is 0.496 e. The lowest BCUT2D eigenvalue weighted by Crippen LogP contribution is -2.58. The summed E-state index contributed by atoms with van der Waals surface area (Å²) >= 11 is 1.27. The molecule has 6 rings (SSSR count). The van der Waals surface area contributed by atoms with E-state index in [1.54, 1.807) is 18.6 Å². The highest BCUT2D eigenvalue weighted by atomic mass is 32.1. The number of aromatic nitrogens is 1. The second-order valence-electron chi connectivity index (χ2n) is 9.95. The normalized spacial score (nSPS) is 20.9. The molecule has 204 valence electrons. The Morgan fingerprint density at radius 1 is 1.10 bits per heavy atom. The predicted octanol–water partition coefficient (Wildman–Crippen LogP) is 3.76. The maximum atomic E-state index is 13.9. The number of fused-ring (bicyclic) bond motifs is 6. The van der Waals surface area contributed by atoms with Gasteiger partial charge in [0.2, 0.25) is 5.72 Å². The first-order valence-electron chi connectivity index (χ1n) is 12.9. The second kappa shape index (κ2) is 9.98. The molecule has 0 radical (unpaired) electrons. The molecule has 0 amide bonds. The van der Waals surface area contributed by atoms with Crippen molar-refractivity contribution in [2.45, 2.75) is 32.2 Å². The Kier molecular flexibility index (Phi) is 6.46. The number of rotatable bonds is 6. The van der Waals surface area contributed by atoms with Gasteiger partial charge in [0.05, 0.1) is 24.8 Å². The minimum Gasteiger partial charge on any atom is -0.496 e. The molecule has 0 spiro atoms. The van der Waals surface area contributed by atoms with Crippen molar-refractivity contribution in [1.29, 1.82) is 0 Å². The number of hydrogen-bond acceptors (Lipinski definition) is 8. The van der Waals surface area contributed by atoms with Gasteiger partial charge in [-0.15, -0.1) is 0 Å². The van der Waals surface area contributed by atoms with Crippen LogP contribution in [0.4, 0.5) is 0 Å². The van der Waals surface area contributed by atoms with Crippen molar-refractivity contribution >= 4 is 23.4 Å². The molecule has 3 atom stereocenters. The standard InChI is InChI=1S/C31H28N2O6S/c1-18-9-5-7-11-22(18)38-17-20-15-19(13-14-23(20)36-3)16-25-28(34)33-27-21-10-6-8-12-24(21)39-31(2,32-30(33)40-25)26(27)29(35)37-4/h5-16,26-27H,17H2,1-4H3/t26-,27-,31-/m1/s1. The average molecular weight is 557 g/mol. The van der Waals surface area contributed by atoms with Gasteiger partial charge in [0.25, 0.3) is 5.56 Å². The average Bonchev–Trinajstić information content (AvgIpc) is 3.24. The Hall–Kier alpha value is -4.37. The monoisotopic (exact) mass is 556 g/mol. The summed E-state index contributed by atoms with van der Waals surface area (Å²) in [6.07, 6.45) is 1.83. The summed E-state index contributed by atoms with van der Waals surface area (Å²) < 4.78 is 25.1. The highest BCUT2D eigenvalue weighted by molar-refractivity contribution is 7.07. The van der Waals surface area contributed by atoms with Crippen molar-refractivity contribution in [3.8, 4) is 17.2 Å². The van der Waals surface area contributed by atoms with Crippen LogP contribution in [0.2, 0.25) is 0 Å². The van der Waals surface area contributed by atoms with Crippen LogP contribution in [0, 0.1) is 12.8 Å². The van der Waals surface area contributed by atoms with Gasteiger partial charge in [-0.1, -0.05) is 53.8 Å². The number of benzene rings is 3. The van der Waals surface area contributed by atoms with Crippen LogP contribution in [0.3, 0.4) is 0 Å². The number of carbonyl (C=O) groups is 1. The van der Waals surface area contributed by atoms with Crippen LogP contribution in [-0.4, -0.2) is 30.5 Å². The molecule has 3 aromatic carbocycles. The van der Waals surface area contributed by atoms with E-state index in [1.165, 1.54) is 18.4 Å². The summed E-state index contributed by atoms with van der Waals surface area (Å²) in [5.74, 6) is 0.799. The molecule has 0 N–H and O–H groups in total. The summed E-state index contributed by atoms with van der Waals surface area (Å²) in [7, 11) is 2.95. The van der Waals surface area contributed by atoms with Crippen LogP contribution >= 0.6 is 11.3 Å². The number of esters is 1. The molecule has 9 heteroatoms. The maximum Gasteiger partial charge on any atom is 0.317 e. The maximum absolute atomic E-state index is 13.9. The summed E-state index contributed by atoms with van der Waals surface area (Å²) in [5, 5.41) is 0. The van der Waals surface area contributed by atoms with E-state index in [1.807, 2.05) is 79.7 Å². The van der Waals surface area contributed by atoms with Crippen LogP contribution in [0.1, 0.15) is 35.2 Å². The van der Waals surface area contributed by atoms with Gasteiger partial charge in [0.15, 0.2) is 4.80 Å². The van der Waals surface area contributed by atoms with E-state index in [4.69, 9.17) is 23.9 Å². The molecule has 2 aliphatic rings. The van der Waals surface area contributed by atoms with Crippen molar-refractivity contribution in [3.05, 3.63) is 109 Å². The zero-order valence-corrected chi connectivity index (χ0v) is 23.4. The van der Waals surface area contributed by atoms with E-state index in [0.717, 1.165) is 28.0 Å². The molecular formula is C31H28N2O6S. The molecular weight excluding hydrogens is 528 g/mol. The van der Waals surface area contributed by atoms with Crippen LogP contribution in [0.15, 0.2) is 76.5 Å². The van der Waals surface area contributed by atoms with Gasteiger partial charge in [0, 0.05) is 11.1 Å². The van der Waals surface area contributed by atoms with Crippen LogP contribution in [0.5, 0.6) is 17.2 Å². The number of methoxy groups -OCH3 is 2. The third-order valence-electron chi connectivity index (χ3n) is 7.41. The fourth-order valence-electron chi connectivity index (χ4n) is 5.46. The second-order valence-corrected chi connectivity index (χ2v) is 11.0. The smallest absolute Gasteiger partial charge is 0.317 e. The fraction of sp³-hybridized carbons (Fsp3) is 0.258. The van der Waals surface area contributed by atoms with Crippen molar-refractivity contribution in [3.63, 3.8) is 0 Å². The Morgan fingerprint density at radius 2 is 1.88 bits per heavy atom. The highest BCUT2D eigenvalue weighted by Crippen LogP contribution is 2.47. The van der Waals surface area contributed by atoms with Gasteiger partial charge in [-0.25, -0.2) is 4.99 Å². The van der Waals surface area contributed by atoms with E-state index in [2.05, 4.69) is 0 Å². The number of hydrogen-bond donors (Lipinski definition) is 0. The predicted molar refractivity (Wildman–Crippen MR) is 151 cm³/mol. The first-order valence-corrected chi connectivity index (χ1v) is 13.7. The topological polar surface area (TPSA) is 88.4 Å². The lowest BCUT2D eigenvalue weighted by atomic mass is 9.81. The van der Waals surface area contributed by atoms with E-state index in [0.29, 0.717) is 27.4 Å². The molecule has 1 aromatic heterocycles. The molecule has 2 bridgehead atoms. The highest BCUT2D eigenvalue weighted by Gasteiger charge is 2.55. The Balaban J connectivity index is 1.44. The molecule has 0 saturated carbocycles. The number of ether oxygens (including phenoxy) is 4. The Morgan fingerprint density at radius 3 is 2.65 bits per heavy atom. The molecule has 8 nitrogen and oxygen atoms in total. The molecule has 4 aromatic rings. The van der Waals surface area contributed by atoms with Crippen LogP contribution in [0.25, 0.3) is 6.08 Å². The van der Waals surface area contributed by atoms with Crippen LogP contribution < -0.4 is 29.1 Å². The summed E-state index contributed by atoms with van der Waals surface area (Å²) in [6.45, 7) is 4.07. The zero-order chi connectivity index (χ0) is 28.0. The van der Waals surface area contributed by atoms with Gasteiger partial charge in [0.1, 0.15) is 29.8 Å². The van der Waals surface area contributed by atoms with Crippen molar-refractivity contribution in [2.24, 2.45) is 10.9 Å². The quantitative estimate of drug-likeness (QED) is 0.336. The van der Waals surface area contributed by atoms with Crippen molar-refractivity contribution in [1.82, 2.24) is 4.57 Å².